The molecule has 0 aliphatic heterocycles. The summed E-state index contributed by atoms with van der Waals surface area (Å²) in [4.78, 5) is 28.5. The monoisotopic (exact) mass is 461 g/mol. The number of nitriles is 1. The van der Waals surface area contributed by atoms with Crippen molar-refractivity contribution < 1.29 is 18.7 Å². The van der Waals surface area contributed by atoms with E-state index in [-0.39, 0.29) is 18.9 Å². The number of urea groups is 1. The molecule has 34 heavy (non-hydrogen) atoms. The van der Waals surface area contributed by atoms with Gasteiger partial charge in [-0.05, 0) is 54.3 Å². The van der Waals surface area contributed by atoms with Crippen molar-refractivity contribution in [3.63, 3.8) is 0 Å². The van der Waals surface area contributed by atoms with Gasteiger partial charge in [0.25, 0.3) is 0 Å². The highest BCUT2D eigenvalue weighted by Crippen LogP contribution is 2.25. The molecule has 0 spiro atoms. The lowest BCUT2D eigenvalue weighted by atomic mass is 10.1. The highest BCUT2D eigenvalue weighted by atomic mass is 16.6. The van der Waals surface area contributed by atoms with E-state index < -0.39 is 18.2 Å². The molecule has 9 nitrogen and oxygen atoms in total. The first-order valence-electron chi connectivity index (χ1n) is 10.8. The third-order valence-corrected chi connectivity index (χ3v) is 5.10. The van der Waals surface area contributed by atoms with Crippen LogP contribution in [0.4, 0.5) is 21.0 Å². The van der Waals surface area contributed by atoms with Crippen molar-refractivity contribution in [1.82, 2.24) is 10.3 Å². The standard InChI is InChI=1S/C25H27N5O4/c1-16(2)22(9-10-26)34-25(32)28-13-18-5-4-6-19(12-18)29-24(31)30-20-7-8-21(17(3)11-20)23-14-27-15-33-23/h4-8,11-12,14-16,22H,9,13H2,1-3H3,(H,28,32)(H2,29,30,31). The Hall–Kier alpha value is -4.32. The second-order valence-corrected chi connectivity index (χ2v) is 8.08. The van der Waals surface area contributed by atoms with Crippen LogP contribution in [0.3, 0.4) is 0 Å². The van der Waals surface area contributed by atoms with Crippen LogP contribution in [-0.2, 0) is 11.3 Å². The number of nitrogens with zero attached hydrogens (tertiary/aromatic N) is 2. The largest absolute Gasteiger partial charge is 0.445 e. The van der Waals surface area contributed by atoms with E-state index in [4.69, 9.17) is 14.4 Å². The fraction of sp³-hybridized carbons (Fsp3) is 0.280. The molecule has 9 heteroatoms. The summed E-state index contributed by atoms with van der Waals surface area (Å²) in [5.74, 6) is 0.700. The van der Waals surface area contributed by atoms with Crippen LogP contribution in [0.2, 0.25) is 0 Å². The molecular formula is C25H27N5O4. The summed E-state index contributed by atoms with van der Waals surface area (Å²) in [6, 6.07) is 14.2. The first-order valence-corrected chi connectivity index (χ1v) is 10.8. The van der Waals surface area contributed by atoms with Crippen LogP contribution < -0.4 is 16.0 Å². The molecule has 3 amide bonds. The van der Waals surface area contributed by atoms with Crippen LogP contribution in [0, 0.1) is 24.2 Å². The molecule has 0 bridgehead atoms. The second-order valence-electron chi connectivity index (χ2n) is 8.08. The molecule has 1 unspecified atom stereocenters. The highest BCUT2D eigenvalue weighted by molar-refractivity contribution is 6.00. The van der Waals surface area contributed by atoms with Crippen molar-refractivity contribution in [2.75, 3.05) is 10.6 Å². The Balaban J connectivity index is 1.54. The lowest BCUT2D eigenvalue weighted by Gasteiger charge is -2.19. The van der Waals surface area contributed by atoms with Crippen molar-refractivity contribution in [2.45, 2.75) is 39.8 Å². The Morgan fingerprint density at radius 2 is 1.91 bits per heavy atom. The zero-order chi connectivity index (χ0) is 24.5. The third-order valence-electron chi connectivity index (χ3n) is 5.10. The number of hydrogen-bond donors (Lipinski definition) is 3. The molecule has 0 fully saturated rings. The van der Waals surface area contributed by atoms with Crippen molar-refractivity contribution in [3.8, 4) is 17.4 Å². The maximum Gasteiger partial charge on any atom is 0.407 e. The van der Waals surface area contributed by atoms with Crippen LogP contribution >= 0.6 is 0 Å². The van der Waals surface area contributed by atoms with Crippen LogP contribution in [0.15, 0.2) is 59.5 Å². The van der Waals surface area contributed by atoms with E-state index in [9.17, 15) is 9.59 Å². The van der Waals surface area contributed by atoms with Crippen LogP contribution in [-0.4, -0.2) is 23.2 Å². The number of nitrogens with one attached hydrogen (secondary N) is 3. The van der Waals surface area contributed by atoms with E-state index in [1.54, 1.807) is 30.5 Å². The van der Waals surface area contributed by atoms with Gasteiger partial charge in [0.2, 0.25) is 0 Å². The van der Waals surface area contributed by atoms with Gasteiger partial charge >= 0.3 is 12.1 Å². The van der Waals surface area contributed by atoms with Crippen molar-refractivity contribution in [1.29, 1.82) is 5.26 Å². The summed E-state index contributed by atoms with van der Waals surface area (Å²) in [7, 11) is 0. The number of hydrogen-bond acceptors (Lipinski definition) is 6. The lowest BCUT2D eigenvalue weighted by Crippen LogP contribution is -2.31. The Labute approximate surface area is 198 Å². The minimum atomic E-state index is -0.589. The summed E-state index contributed by atoms with van der Waals surface area (Å²) < 4.78 is 10.6. The van der Waals surface area contributed by atoms with Crippen LogP contribution in [0.25, 0.3) is 11.3 Å². The second kappa shape index (κ2) is 11.5. The molecule has 0 radical (unpaired) electrons. The zero-order valence-corrected chi connectivity index (χ0v) is 19.3. The number of ether oxygens (including phenoxy) is 1. The molecule has 0 saturated carbocycles. The SMILES string of the molecule is Cc1cc(NC(=O)Nc2cccc(CNC(=O)OC(CC#N)C(C)C)c2)ccc1-c1cnco1. The number of carbonyl (C=O) groups is 2. The van der Waals surface area contributed by atoms with Gasteiger partial charge in [-0.15, -0.1) is 0 Å². The van der Waals surface area contributed by atoms with Crippen molar-refractivity contribution in [2.24, 2.45) is 5.92 Å². The molecule has 0 aliphatic rings. The summed E-state index contributed by atoms with van der Waals surface area (Å²) in [5, 5.41) is 17.1. The minimum Gasteiger partial charge on any atom is -0.445 e. The van der Waals surface area contributed by atoms with Gasteiger partial charge in [-0.25, -0.2) is 14.6 Å². The van der Waals surface area contributed by atoms with Gasteiger partial charge in [-0.1, -0.05) is 26.0 Å². The Bertz CT molecular complexity index is 1170. The zero-order valence-electron chi connectivity index (χ0n) is 19.3. The van der Waals surface area contributed by atoms with Crippen molar-refractivity contribution >= 4 is 23.5 Å². The van der Waals surface area contributed by atoms with E-state index in [0.29, 0.717) is 17.1 Å². The third kappa shape index (κ3) is 6.84. The molecule has 176 valence electrons. The van der Waals surface area contributed by atoms with E-state index in [2.05, 4.69) is 20.9 Å². The fourth-order valence-corrected chi connectivity index (χ4v) is 3.28. The molecule has 1 heterocycles. The predicted octanol–water partition coefficient (Wildman–Crippen LogP) is 5.46. The molecule has 3 aromatic rings. The summed E-state index contributed by atoms with van der Waals surface area (Å²) >= 11 is 0. The van der Waals surface area contributed by atoms with Gasteiger partial charge in [0, 0.05) is 23.5 Å². The first kappa shape index (κ1) is 24.3. The van der Waals surface area contributed by atoms with Gasteiger partial charge in [-0.2, -0.15) is 5.26 Å². The number of alkyl carbamates (subject to hydrolysis) is 1. The molecule has 3 N–H and O–H groups in total. The average Bonchev–Trinajstić information content (AvgIpc) is 3.32. The van der Waals surface area contributed by atoms with Gasteiger partial charge < -0.3 is 25.1 Å². The average molecular weight is 462 g/mol. The normalized spacial score (nSPS) is 11.4. The number of carbonyl (C=O) groups excluding carboxylic acids is 2. The van der Waals surface area contributed by atoms with Gasteiger partial charge in [0.1, 0.15) is 6.10 Å². The van der Waals surface area contributed by atoms with E-state index in [1.807, 2.05) is 45.0 Å². The maximum absolute atomic E-state index is 12.5. The molecule has 1 atom stereocenters. The topological polar surface area (TPSA) is 129 Å². The minimum absolute atomic E-state index is 0.0403. The number of oxazole rings is 1. The summed E-state index contributed by atoms with van der Waals surface area (Å²) in [6.45, 7) is 5.92. The molecule has 0 saturated heterocycles. The van der Waals surface area contributed by atoms with E-state index in [0.717, 1.165) is 16.7 Å². The van der Waals surface area contributed by atoms with E-state index >= 15 is 0 Å². The Morgan fingerprint density at radius 1 is 1.15 bits per heavy atom. The van der Waals surface area contributed by atoms with Crippen LogP contribution in [0.1, 0.15) is 31.4 Å². The predicted molar refractivity (Wildman–Crippen MR) is 128 cm³/mol. The van der Waals surface area contributed by atoms with Crippen molar-refractivity contribution in [3.05, 3.63) is 66.2 Å². The lowest BCUT2D eigenvalue weighted by molar-refractivity contribution is 0.0735. The first-order chi connectivity index (χ1) is 16.4. The number of amides is 3. The molecule has 1 aromatic heterocycles. The number of anilines is 2. The van der Waals surface area contributed by atoms with Gasteiger partial charge in [-0.3, -0.25) is 0 Å². The van der Waals surface area contributed by atoms with Gasteiger partial charge in [0.15, 0.2) is 12.2 Å². The van der Waals surface area contributed by atoms with Gasteiger partial charge in [0.05, 0.1) is 18.7 Å². The molecule has 2 aromatic carbocycles. The summed E-state index contributed by atoms with van der Waals surface area (Å²) in [5.41, 5.74) is 3.82. The molecule has 0 aliphatic carbocycles. The van der Waals surface area contributed by atoms with E-state index in [1.165, 1.54) is 6.39 Å². The number of rotatable bonds is 8. The molecular weight excluding hydrogens is 434 g/mol. The number of aryl methyl sites for hydroxylation is 1. The smallest absolute Gasteiger partial charge is 0.407 e. The Kier molecular flexibility index (Phi) is 8.24. The van der Waals surface area contributed by atoms with Crippen LogP contribution in [0.5, 0.6) is 0 Å². The Morgan fingerprint density at radius 3 is 2.56 bits per heavy atom. The maximum atomic E-state index is 12.5. The summed E-state index contributed by atoms with van der Waals surface area (Å²) in [6.07, 6.45) is 2.10. The highest BCUT2D eigenvalue weighted by Gasteiger charge is 2.18. The fourth-order valence-electron chi connectivity index (χ4n) is 3.28. The molecule has 3 rings (SSSR count). The quantitative estimate of drug-likeness (QED) is 0.408. The number of benzene rings is 2. The number of aromatic nitrogens is 1.